The van der Waals surface area contributed by atoms with Gasteiger partial charge in [-0.1, -0.05) is 12.8 Å². The van der Waals surface area contributed by atoms with Crippen molar-refractivity contribution >= 4 is 45.3 Å². The molecule has 2 aromatic rings. The van der Waals surface area contributed by atoms with Gasteiger partial charge in [0, 0.05) is 11.9 Å². The van der Waals surface area contributed by atoms with Crippen molar-refractivity contribution in [1.29, 1.82) is 0 Å². The Bertz CT molecular complexity index is 870. The van der Waals surface area contributed by atoms with Gasteiger partial charge in [0.05, 0.1) is 29.7 Å². The van der Waals surface area contributed by atoms with E-state index in [1.54, 1.807) is 11.3 Å². The lowest BCUT2D eigenvalue weighted by molar-refractivity contribution is 0.0601. The van der Waals surface area contributed by atoms with Crippen molar-refractivity contribution in [3.8, 4) is 0 Å². The molecular weight excluding hydrogens is 380 g/mol. The summed E-state index contributed by atoms with van der Waals surface area (Å²) in [6.07, 6.45) is 6.63. The number of thiocarbonyl (C=S) groups is 1. The number of fused-ring (bicyclic) bond motifs is 1. The molecule has 0 saturated carbocycles. The van der Waals surface area contributed by atoms with Crippen molar-refractivity contribution in [1.82, 2.24) is 9.78 Å². The fourth-order valence-electron chi connectivity index (χ4n) is 3.53. The standard InChI is InChI=1S/C19H26N4O2S2/c1-11-16(12(2)23(3)22-11)20-19(26)21-17-15(18(24)25-4)13-9-7-5-6-8-10-14(13)27-17/h5-10H2,1-4H3,(H2,20,21,26). The van der Waals surface area contributed by atoms with Gasteiger partial charge >= 0.3 is 5.97 Å². The number of methoxy groups -OCH3 is 1. The number of carbonyl (C=O) groups is 1. The van der Waals surface area contributed by atoms with Gasteiger partial charge in [0.2, 0.25) is 0 Å². The van der Waals surface area contributed by atoms with Crippen molar-refractivity contribution in [2.45, 2.75) is 52.4 Å². The van der Waals surface area contributed by atoms with Crippen molar-refractivity contribution in [3.63, 3.8) is 0 Å². The molecule has 8 heteroatoms. The van der Waals surface area contributed by atoms with Gasteiger partial charge in [-0.15, -0.1) is 11.3 Å². The number of nitrogens with one attached hydrogen (secondary N) is 2. The minimum Gasteiger partial charge on any atom is -0.465 e. The Kier molecular flexibility index (Phi) is 6.16. The minimum atomic E-state index is -0.299. The summed E-state index contributed by atoms with van der Waals surface area (Å²) < 4.78 is 6.88. The van der Waals surface area contributed by atoms with Crippen molar-refractivity contribution in [2.24, 2.45) is 7.05 Å². The fraction of sp³-hybridized carbons (Fsp3) is 0.526. The minimum absolute atomic E-state index is 0.299. The van der Waals surface area contributed by atoms with E-state index < -0.39 is 0 Å². The summed E-state index contributed by atoms with van der Waals surface area (Å²) in [6.45, 7) is 3.93. The summed E-state index contributed by atoms with van der Waals surface area (Å²) in [5.74, 6) is -0.299. The first-order chi connectivity index (χ1) is 12.9. The number of aromatic nitrogens is 2. The lowest BCUT2D eigenvalue weighted by Crippen LogP contribution is -2.21. The third-order valence-corrected chi connectivity index (χ3v) is 6.45. The van der Waals surface area contributed by atoms with E-state index in [2.05, 4.69) is 15.7 Å². The predicted molar refractivity (Wildman–Crippen MR) is 114 cm³/mol. The van der Waals surface area contributed by atoms with Gasteiger partial charge in [0.25, 0.3) is 0 Å². The van der Waals surface area contributed by atoms with Gasteiger partial charge in [-0.05, 0) is 57.3 Å². The summed E-state index contributed by atoms with van der Waals surface area (Å²) in [6, 6.07) is 0. The number of hydrogen-bond acceptors (Lipinski definition) is 5. The first-order valence-corrected chi connectivity index (χ1v) is 10.5. The number of anilines is 2. The Morgan fingerprint density at radius 3 is 2.52 bits per heavy atom. The number of thiophene rings is 1. The molecule has 0 aliphatic heterocycles. The quantitative estimate of drug-likeness (QED) is 0.583. The van der Waals surface area contributed by atoms with Crippen LogP contribution >= 0.6 is 23.6 Å². The molecule has 2 aromatic heterocycles. The van der Waals surface area contributed by atoms with Crippen LogP contribution in [0.15, 0.2) is 0 Å². The lowest BCUT2D eigenvalue weighted by atomic mass is 9.96. The molecule has 0 fully saturated rings. The van der Waals surface area contributed by atoms with E-state index in [1.807, 2.05) is 25.6 Å². The molecule has 0 atom stereocenters. The van der Waals surface area contributed by atoms with E-state index in [0.717, 1.165) is 53.3 Å². The molecule has 0 radical (unpaired) electrons. The molecule has 0 spiro atoms. The van der Waals surface area contributed by atoms with Crippen LogP contribution in [0, 0.1) is 13.8 Å². The van der Waals surface area contributed by atoms with Crippen LogP contribution in [0.3, 0.4) is 0 Å². The summed E-state index contributed by atoms with van der Waals surface area (Å²) >= 11 is 7.14. The maximum Gasteiger partial charge on any atom is 0.341 e. The van der Waals surface area contributed by atoms with E-state index in [9.17, 15) is 4.79 Å². The van der Waals surface area contributed by atoms with Gasteiger partial charge in [0.15, 0.2) is 5.11 Å². The fourth-order valence-corrected chi connectivity index (χ4v) is 5.08. The third-order valence-electron chi connectivity index (χ3n) is 5.04. The molecule has 1 aliphatic rings. The Labute approximate surface area is 169 Å². The highest BCUT2D eigenvalue weighted by molar-refractivity contribution is 7.80. The Morgan fingerprint density at radius 2 is 1.89 bits per heavy atom. The summed E-state index contributed by atoms with van der Waals surface area (Å²) in [5, 5.41) is 12.1. The van der Waals surface area contributed by atoms with E-state index in [4.69, 9.17) is 17.0 Å². The average Bonchev–Trinajstić information content (AvgIpc) is 3.05. The maximum atomic E-state index is 12.5. The van der Waals surface area contributed by atoms with Gasteiger partial charge in [-0.25, -0.2) is 4.79 Å². The molecule has 0 saturated heterocycles. The number of rotatable bonds is 3. The SMILES string of the molecule is COC(=O)c1c(NC(=S)Nc2c(C)nn(C)c2C)sc2c1CCCCCC2. The first-order valence-electron chi connectivity index (χ1n) is 9.23. The second kappa shape index (κ2) is 8.39. The highest BCUT2D eigenvalue weighted by atomic mass is 32.1. The normalized spacial score (nSPS) is 14.1. The number of ether oxygens (including phenoxy) is 1. The number of hydrogen-bond donors (Lipinski definition) is 2. The Balaban J connectivity index is 1.88. The van der Waals surface area contributed by atoms with Crippen LogP contribution in [-0.2, 0) is 24.6 Å². The zero-order valence-corrected chi connectivity index (χ0v) is 17.9. The number of nitrogens with zero attached hydrogens (tertiary/aromatic N) is 2. The molecule has 2 N–H and O–H groups in total. The second-order valence-corrected chi connectivity index (χ2v) is 8.38. The molecule has 0 amide bonds. The Hall–Kier alpha value is -1.93. The van der Waals surface area contributed by atoms with Crippen LogP contribution in [0.4, 0.5) is 10.7 Å². The van der Waals surface area contributed by atoms with Crippen LogP contribution in [-0.4, -0.2) is 28.0 Å². The third kappa shape index (κ3) is 4.16. The zero-order chi connectivity index (χ0) is 19.6. The maximum absolute atomic E-state index is 12.5. The van der Waals surface area contributed by atoms with Crippen LogP contribution < -0.4 is 10.6 Å². The highest BCUT2D eigenvalue weighted by Crippen LogP contribution is 2.37. The summed E-state index contributed by atoms with van der Waals surface area (Å²) in [5.41, 5.74) is 4.55. The topological polar surface area (TPSA) is 68.2 Å². The lowest BCUT2D eigenvalue weighted by Gasteiger charge is -2.12. The van der Waals surface area contributed by atoms with E-state index >= 15 is 0 Å². The largest absolute Gasteiger partial charge is 0.465 e. The first kappa shape index (κ1) is 19.8. The molecular formula is C19H26N4O2S2. The Morgan fingerprint density at radius 1 is 1.19 bits per heavy atom. The predicted octanol–water partition coefficient (Wildman–Crippen LogP) is 4.35. The summed E-state index contributed by atoms with van der Waals surface area (Å²) in [7, 11) is 3.33. The van der Waals surface area contributed by atoms with Gasteiger partial charge < -0.3 is 15.4 Å². The van der Waals surface area contributed by atoms with Crippen LogP contribution in [0.2, 0.25) is 0 Å². The second-order valence-electron chi connectivity index (χ2n) is 6.86. The number of carbonyl (C=O) groups excluding carboxylic acids is 1. The molecule has 6 nitrogen and oxygen atoms in total. The zero-order valence-electron chi connectivity index (χ0n) is 16.3. The average molecular weight is 407 g/mol. The smallest absolute Gasteiger partial charge is 0.341 e. The molecule has 2 heterocycles. The molecule has 27 heavy (non-hydrogen) atoms. The van der Waals surface area contributed by atoms with Gasteiger partial charge in [-0.2, -0.15) is 5.10 Å². The van der Waals surface area contributed by atoms with Crippen molar-refractivity contribution in [3.05, 3.63) is 27.4 Å². The van der Waals surface area contributed by atoms with Crippen LogP contribution in [0.1, 0.15) is 57.9 Å². The monoisotopic (exact) mass is 406 g/mol. The van der Waals surface area contributed by atoms with Gasteiger partial charge in [0.1, 0.15) is 5.00 Å². The van der Waals surface area contributed by atoms with Crippen molar-refractivity contribution < 1.29 is 9.53 Å². The van der Waals surface area contributed by atoms with Crippen LogP contribution in [0.5, 0.6) is 0 Å². The number of esters is 1. The molecule has 0 bridgehead atoms. The van der Waals surface area contributed by atoms with E-state index in [-0.39, 0.29) is 5.97 Å². The van der Waals surface area contributed by atoms with Gasteiger partial charge in [-0.3, -0.25) is 4.68 Å². The highest BCUT2D eigenvalue weighted by Gasteiger charge is 2.25. The molecule has 1 aliphatic carbocycles. The number of aryl methyl sites for hydroxylation is 3. The van der Waals surface area contributed by atoms with E-state index in [0.29, 0.717) is 10.7 Å². The van der Waals surface area contributed by atoms with Crippen molar-refractivity contribution in [2.75, 3.05) is 17.7 Å². The molecule has 3 rings (SSSR count). The summed E-state index contributed by atoms with van der Waals surface area (Å²) in [4.78, 5) is 13.8. The van der Waals surface area contributed by atoms with Crippen LogP contribution in [0.25, 0.3) is 0 Å². The molecule has 0 unspecified atom stereocenters. The van der Waals surface area contributed by atoms with E-state index in [1.165, 1.54) is 24.8 Å². The molecule has 0 aromatic carbocycles. The molecule has 146 valence electrons.